The Kier molecular flexibility index (Phi) is 12.2. The van der Waals surface area contributed by atoms with E-state index < -0.39 is 5.82 Å². The number of hydrogen-bond donors (Lipinski definition) is 1. The maximum atomic E-state index is 14.2. The second-order valence-corrected chi connectivity index (χ2v) is 14.5. The van der Waals surface area contributed by atoms with E-state index in [0.717, 1.165) is 57.8 Å². The summed E-state index contributed by atoms with van der Waals surface area (Å²) in [6.07, 6.45) is 7.27. The van der Waals surface area contributed by atoms with Crippen molar-refractivity contribution in [3.05, 3.63) is 41.6 Å². The van der Waals surface area contributed by atoms with E-state index in [-0.39, 0.29) is 40.6 Å². The minimum absolute atomic E-state index is 0.0299. The molecule has 3 aliphatic rings. The summed E-state index contributed by atoms with van der Waals surface area (Å²) in [5.41, 5.74) is 3.39. The van der Waals surface area contributed by atoms with Crippen molar-refractivity contribution in [3.63, 3.8) is 0 Å². The first kappa shape index (κ1) is 36.5. The molecule has 11 nitrogen and oxygen atoms in total. The highest BCUT2D eigenvalue weighted by atomic mass is 19.1. The lowest BCUT2D eigenvalue weighted by Gasteiger charge is -2.53. The van der Waals surface area contributed by atoms with Gasteiger partial charge in [-0.3, -0.25) is 19.9 Å². The van der Waals surface area contributed by atoms with Crippen LogP contribution in [0.2, 0.25) is 0 Å². The summed E-state index contributed by atoms with van der Waals surface area (Å²) in [6.45, 7) is 18.0. The van der Waals surface area contributed by atoms with E-state index in [1.807, 2.05) is 34.9 Å². The van der Waals surface area contributed by atoms with Crippen molar-refractivity contribution >= 4 is 18.2 Å². The van der Waals surface area contributed by atoms with Crippen molar-refractivity contribution in [2.75, 3.05) is 60.4 Å². The van der Waals surface area contributed by atoms with Gasteiger partial charge in [0.05, 0.1) is 5.56 Å². The highest BCUT2D eigenvalue weighted by molar-refractivity contribution is 5.97. The molecule has 2 atom stereocenters. The van der Waals surface area contributed by atoms with Crippen molar-refractivity contribution in [2.24, 2.45) is 16.3 Å². The van der Waals surface area contributed by atoms with E-state index in [1.165, 1.54) is 23.4 Å². The monoisotopic (exact) mass is 656 g/mol. The third kappa shape index (κ3) is 8.95. The fourth-order valence-corrected chi connectivity index (χ4v) is 7.03. The van der Waals surface area contributed by atoms with E-state index in [4.69, 9.17) is 4.84 Å². The van der Waals surface area contributed by atoms with Crippen LogP contribution in [-0.2, 0) is 4.79 Å². The van der Waals surface area contributed by atoms with Crippen LogP contribution in [0.3, 0.4) is 0 Å². The quantitative estimate of drug-likeness (QED) is 0.300. The van der Waals surface area contributed by atoms with Crippen LogP contribution in [0.1, 0.15) is 77.6 Å². The summed E-state index contributed by atoms with van der Waals surface area (Å²) >= 11 is 0. The number of hydrazine groups is 1. The third-order valence-corrected chi connectivity index (χ3v) is 10.0. The molecular formula is C35H57FN8O3. The smallest absolute Gasteiger partial charge is 0.258 e. The van der Waals surface area contributed by atoms with Crippen molar-refractivity contribution in [1.82, 2.24) is 35.1 Å². The van der Waals surface area contributed by atoms with E-state index in [1.54, 1.807) is 22.3 Å². The maximum absolute atomic E-state index is 14.2. The Hall–Kier alpha value is -3.38. The number of hydrogen-bond acceptors (Lipinski definition) is 9. The summed E-state index contributed by atoms with van der Waals surface area (Å²) in [5.74, 6) is 1.03. The van der Waals surface area contributed by atoms with Gasteiger partial charge in [-0.2, -0.15) is 0 Å². The summed E-state index contributed by atoms with van der Waals surface area (Å²) in [5, 5.41) is 1.43. The van der Waals surface area contributed by atoms with Crippen molar-refractivity contribution in [2.45, 2.75) is 85.4 Å². The molecule has 4 rings (SSSR count). The summed E-state index contributed by atoms with van der Waals surface area (Å²) < 4.78 is 14.2. The first-order valence-corrected chi connectivity index (χ1v) is 17.2. The number of halogens is 1. The summed E-state index contributed by atoms with van der Waals surface area (Å²) in [7, 11) is 5.75. The molecule has 0 bridgehead atoms. The minimum Gasteiger partial charge on any atom is -0.359 e. The van der Waals surface area contributed by atoms with E-state index in [9.17, 15) is 14.0 Å². The third-order valence-electron chi connectivity index (χ3n) is 10.0. The molecule has 1 aromatic carbocycles. The molecule has 0 aliphatic carbocycles. The SMILES string of the molecule is CCN(C(=O)c1cc(F)ccc1ON1C=C(N2CCC3(C2)CN(C(CCCN(C)C(C)CC(=O)N(C)C)C(C)C)C3)N=CN1)C(C)C. The molecule has 0 saturated carbocycles. The second-order valence-electron chi connectivity index (χ2n) is 14.5. The molecule has 2 amide bonds. The van der Waals surface area contributed by atoms with E-state index in [0.29, 0.717) is 24.9 Å². The number of hydroxylamine groups is 1. The Balaban J connectivity index is 1.32. The molecule has 262 valence electrons. The van der Waals surface area contributed by atoms with Gasteiger partial charge in [-0.05, 0) is 84.7 Å². The van der Waals surface area contributed by atoms with Crippen LogP contribution in [-0.4, -0.2) is 126 Å². The van der Waals surface area contributed by atoms with E-state index in [2.05, 4.69) is 52.9 Å². The molecule has 47 heavy (non-hydrogen) atoms. The van der Waals surface area contributed by atoms with Gasteiger partial charge in [-0.1, -0.05) is 13.8 Å². The Labute approximate surface area is 281 Å². The zero-order valence-corrected chi connectivity index (χ0v) is 30.0. The number of carbonyl (C=O) groups is 2. The molecule has 2 unspecified atom stereocenters. The van der Waals surface area contributed by atoms with Gasteiger partial charge < -0.3 is 24.4 Å². The topological polar surface area (TPSA) is 87.2 Å². The first-order valence-electron chi connectivity index (χ1n) is 17.2. The molecule has 2 saturated heterocycles. The molecule has 1 N–H and O–H groups in total. The number of aliphatic imine (C=N–C) groups is 1. The zero-order chi connectivity index (χ0) is 34.5. The number of carbonyl (C=O) groups excluding carboxylic acids is 2. The molecule has 1 aromatic rings. The largest absolute Gasteiger partial charge is 0.359 e. The van der Waals surface area contributed by atoms with Crippen LogP contribution in [0, 0.1) is 17.2 Å². The lowest BCUT2D eigenvalue weighted by atomic mass is 9.76. The average molecular weight is 657 g/mol. The predicted octanol–water partition coefficient (Wildman–Crippen LogP) is 4.25. The predicted molar refractivity (Wildman–Crippen MR) is 184 cm³/mol. The lowest BCUT2D eigenvalue weighted by Crippen LogP contribution is -2.61. The number of benzene rings is 1. The van der Waals surface area contributed by atoms with Gasteiger partial charge >= 0.3 is 0 Å². The summed E-state index contributed by atoms with van der Waals surface area (Å²) in [4.78, 5) is 46.7. The van der Waals surface area contributed by atoms with E-state index >= 15 is 0 Å². The van der Waals surface area contributed by atoms with Crippen molar-refractivity contribution in [3.8, 4) is 5.75 Å². The highest BCUT2D eigenvalue weighted by Gasteiger charge is 2.50. The Morgan fingerprint density at radius 2 is 1.83 bits per heavy atom. The van der Waals surface area contributed by atoms with Gasteiger partial charge in [0, 0.05) is 76.8 Å². The fraction of sp³-hybridized carbons (Fsp3) is 0.686. The number of rotatable bonds is 15. The van der Waals surface area contributed by atoms with Gasteiger partial charge in [-0.25, -0.2) is 9.38 Å². The van der Waals surface area contributed by atoms with Gasteiger partial charge in [-0.15, -0.1) is 5.17 Å². The molecule has 0 aromatic heterocycles. The number of nitrogens with one attached hydrogen (secondary N) is 1. The number of amides is 2. The van der Waals surface area contributed by atoms with Gasteiger partial charge in [0.15, 0.2) is 11.6 Å². The second kappa shape index (κ2) is 15.7. The van der Waals surface area contributed by atoms with Crippen LogP contribution in [0.25, 0.3) is 0 Å². The number of likely N-dealkylation sites (tertiary alicyclic amines) is 2. The molecule has 2 fully saturated rings. The Morgan fingerprint density at radius 3 is 2.47 bits per heavy atom. The summed E-state index contributed by atoms with van der Waals surface area (Å²) in [6, 6.07) is 4.75. The van der Waals surface area contributed by atoms with Crippen LogP contribution in [0.15, 0.2) is 35.2 Å². The van der Waals surface area contributed by atoms with Crippen LogP contribution in [0.5, 0.6) is 5.75 Å². The van der Waals surface area contributed by atoms with Crippen LogP contribution in [0.4, 0.5) is 4.39 Å². The van der Waals surface area contributed by atoms with Gasteiger partial charge in [0.2, 0.25) is 5.91 Å². The van der Waals surface area contributed by atoms with Crippen molar-refractivity contribution in [1.29, 1.82) is 0 Å². The van der Waals surface area contributed by atoms with Crippen molar-refractivity contribution < 1.29 is 18.8 Å². The molecule has 3 aliphatic heterocycles. The zero-order valence-electron chi connectivity index (χ0n) is 30.0. The fourth-order valence-electron chi connectivity index (χ4n) is 7.03. The lowest BCUT2D eigenvalue weighted by molar-refractivity contribution is -0.129. The Bertz CT molecular complexity index is 1300. The maximum Gasteiger partial charge on any atom is 0.258 e. The highest BCUT2D eigenvalue weighted by Crippen LogP contribution is 2.43. The normalized spacial score (nSPS) is 18.8. The average Bonchev–Trinajstić information content (AvgIpc) is 3.45. The van der Waals surface area contributed by atoms with Crippen LogP contribution >= 0.6 is 0 Å². The minimum atomic E-state index is -0.489. The standard InChI is InChI=1S/C35H57FN8O3/c1-10-43(26(4)5)34(46)29-19-28(36)13-14-31(29)47-44-20-32(37-24-38-44)41-17-15-35(21-41)22-42(23-35)30(25(2)3)12-11-16-40(9)27(6)18-33(45)39(7)8/h13-14,19-20,24-27,30H,10-12,15-18,21-23H2,1-9H3,(H,37,38). The molecule has 12 heteroatoms. The Morgan fingerprint density at radius 1 is 1.11 bits per heavy atom. The van der Waals surface area contributed by atoms with Gasteiger partial charge in [0.1, 0.15) is 18.4 Å². The molecule has 3 heterocycles. The molecular weight excluding hydrogens is 599 g/mol. The van der Waals surface area contributed by atoms with Crippen LogP contribution < -0.4 is 10.3 Å². The molecule has 0 radical (unpaired) electrons. The number of nitrogens with zero attached hydrogens (tertiary/aromatic N) is 7. The first-order chi connectivity index (χ1) is 22.2. The molecule has 1 spiro atoms. The van der Waals surface area contributed by atoms with Gasteiger partial charge in [0.25, 0.3) is 5.91 Å².